The highest BCUT2D eigenvalue weighted by molar-refractivity contribution is 7.96. The van der Waals surface area contributed by atoms with Crippen LogP contribution in [0.4, 0.5) is 0 Å². The molecule has 0 bridgehead atoms. The van der Waals surface area contributed by atoms with Gasteiger partial charge in [0.1, 0.15) is 0 Å². The van der Waals surface area contributed by atoms with Gasteiger partial charge in [0.05, 0.1) is 18.7 Å². The average molecular weight is 481 g/mol. The van der Waals surface area contributed by atoms with Crippen molar-refractivity contribution in [2.75, 3.05) is 18.3 Å². The topological polar surface area (TPSA) is 17.1 Å². The van der Waals surface area contributed by atoms with E-state index in [-0.39, 0.29) is 22.0 Å². The first-order valence-electron chi connectivity index (χ1n) is 12.2. The van der Waals surface area contributed by atoms with E-state index in [0.29, 0.717) is 5.75 Å². The summed E-state index contributed by atoms with van der Waals surface area (Å²) in [7, 11) is 0.204. The number of rotatable bonds is 6. The molecule has 0 atom stereocenters. The monoisotopic (exact) mass is 480 g/mol. The molecule has 0 fully saturated rings. The lowest BCUT2D eigenvalue weighted by Crippen LogP contribution is -2.72. The van der Waals surface area contributed by atoms with Gasteiger partial charge in [0, 0.05) is 5.56 Å². The van der Waals surface area contributed by atoms with Gasteiger partial charge in [-0.3, -0.25) is 4.79 Å². The summed E-state index contributed by atoms with van der Waals surface area (Å²) in [5, 5.41) is 0.0874. The van der Waals surface area contributed by atoms with Gasteiger partial charge in [0.25, 0.3) is 0 Å². The third-order valence-corrected chi connectivity index (χ3v) is 7.55. The molecule has 0 saturated heterocycles. The number of hydrogen-bond acceptors (Lipinski definition) is 1. The lowest BCUT2D eigenvalue weighted by molar-refractivity contribution is 0.102. The first-order valence-corrected chi connectivity index (χ1v) is 14.4. The second kappa shape index (κ2) is 12.1. The van der Waals surface area contributed by atoms with Crippen molar-refractivity contribution in [1.82, 2.24) is 0 Å². The van der Waals surface area contributed by atoms with Crippen molar-refractivity contribution in [1.29, 1.82) is 0 Å². The van der Waals surface area contributed by atoms with Gasteiger partial charge in [-0.25, -0.2) is 0 Å². The summed E-state index contributed by atoms with van der Waals surface area (Å²) < 4.78 is 0. The van der Waals surface area contributed by atoms with Crippen LogP contribution >= 0.6 is 0 Å². The van der Waals surface area contributed by atoms with E-state index in [1.807, 2.05) is 30.3 Å². The fourth-order valence-electron chi connectivity index (χ4n) is 5.27. The van der Waals surface area contributed by atoms with Crippen LogP contribution in [0, 0.1) is 0 Å². The molecule has 0 radical (unpaired) electrons. The summed E-state index contributed by atoms with van der Waals surface area (Å²) in [5.41, 5.74) is 5.03. The zero-order chi connectivity index (χ0) is 25.3. The summed E-state index contributed by atoms with van der Waals surface area (Å²) in [4.78, 5) is 11.5. The molecule has 0 aliphatic carbocycles. The minimum Gasteiger partial charge on any atom is -0.289 e. The van der Waals surface area contributed by atoms with Gasteiger partial charge in [-0.05, 0) is 10.9 Å². The standard InChI is InChI=1S/C22H24B.C10H13OS/c1-22(2,3)23(19-13-7-4-8-14-19,20-15-9-5-10-16-20)21-17-11-6-12-18-21;1-12(2)8-10(11)9-6-4-3-5-7-9/h4-18H,1-3H3;3-7H,8H2,1-2H3/q-1;+1. The highest BCUT2D eigenvalue weighted by Gasteiger charge is 2.39. The highest BCUT2D eigenvalue weighted by Crippen LogP contribution is 2.35. The molecular formula is C32H37BOS. The fraction of sp³-hybridized carbons (Fsp3) is 0.219. The summed E-state index contributed by atoms with van der Waals surface area (Å²) in [5.74, 6) is 0.924. The SMILES string of the molecule is CC(C)(C)[B-](c1ccccc1)(c1ccccc1)c1ccccc1.C[S+](C)CC(=O)c1ccccc1. The lowest BCUT2D eigenvalue weighted by atomic mass is 9.07. The number of carbonyl (C=O) groups excluding carboxylic acids is 1. The summed E-state index contributed by atoms with van der Waals surface area (Å²) >= 11 is 0. The van der Waals surface area contributed by atoms with Crippen molar-refractivity contribution in [3.63, 3.8) is 0 Å². The van der Waals surface area contributed by atoms with Crippen molar-refractivity contribution in [3.05, 3.63) is 127 Å². The van der Waals surface area contributed by atoms with E-state index < -0.39 is 6.15 Å². The molecule has 0 heterocycles. The van der Waals surface area contributed by atoms with Gasteiger partial charge < -0.3 is 0 Å². The Kier molecular flexibility index (Phi) is 9.17. The molecule has 4 aromatic carbocycles. The van der Waals surface area contributed by atoms with E-state index in [1.54, 1.807) is 0 Å². The van der Waals surface area contributed by atoms with Gasteiger partial charge in [0.15, 0.2) is 5.75 Å². The molecule has 0 aliphatic heterocycles. The Morgan fingerprint density at radius 2 is 0.914 bits per heavy atom. The van der Waals surface area contributed by atoms with Crippen molar-refractivity contribution < 1.29 is 4.79 Å². The maximum Gasteiger partial charge on any atom is 0.211 e. The smallest absolute Gasteiger partial charge is 0.211 e. The molecule has 35 heavy (non-hydrogen) atoms. The molecule has 0 aliphatic rings. The normalized spacial score (nSPS) is 11.5. The molecule has 0 unspecified atom stereocenters. The van der Waals surface area contributed by atoms with Crippen LogP contribution in [0.15, 0.2) is 121 Å². The minimum atomic E-state index is -1.06. The molecule has 0 N–H and O–H groups in total. The first-order chi connectivity index (χ1) is 16.8. The van der Waals surface area contributed by atoms with Crippen LogP contribution in [0.3, 0.4) is 0 Å². The molecular weight excluding hydrogens is 443 g/mol. The van der Waals surface area contributed by atoms with Gasteiger partial charge in [-0.2, -0.15) is 16.4 Å². The van der Waals surface area contributed by atoms with Crippen molar-refractivity contribution in [2.24, 2.45) is 0 Å². The van der Waals surface area contributed by atoms with Crippen LogP contribution in [0.1, 0.15) is 31.1 Å². The van der Waals surface area contributed by atoms with Gasteiger partial charge in [0.2, 0.25) is 5.78 Å². The highest BCUT2D eigenvalue weighted by atomic mass is 32.2. The summed E-state index contributed by atoms with van der Waals surface area (Å²) in [6.45, 7) is 7.08. The largest absolute Gasteiger partial charge is 0.289 e. The van der Waals surface area contributed by atoms with E-state index >= 15 is 0 Å². The van der Waals surface area contributed by atoms with Crippen LogP contribution in [0.5, 0.6) is 0 Å². The molecule has 4 aromatic rings. The van der Waals surface area contributed by atoms with Gasteiger partial charge in [-0.1, -0.05) is 142 Å². The quantitative estimate of drug-likeness (QED) is 0.196. The van der Waals surface area contributed by atoms with E-state index in [4.69, 9.17) is 0 Å². The molecule has 4 rings (SSSR count). The van der Waals surface area contributed by atoms with Crippen molar-refractivity contribution >= 4 is 39.2 Å². The minimum absolute atomic E-state index is 0.0874. The van der Waals surface area contributed by atoms with Crippen LogP contribution in [0.2, 0.25) is 5.31 Å². The first kappa shape index (κ1) is 26.6. The number of ketones is 1. The van der Waals surface area contributed by atoms with E-state index in [1.165, 1.54) is 16.4 Å². The number of benzene rings is 4. The van der Waals surface area contributed by atoms with Crippen LogP contribution in [-0.4, -0.2) is 30.2 Å². The Labute approximate surface area is 214 Å². The van der Waals surface area contributed by atoms with E-state index in [2.05, 4.69) is 124 Å². The predicted octanol–water partition coefficient (Wildman–Crippen LogP) is 5.70. The van der Waals surface area contributed by atoms with E-state index in [0.717, 1.165) is 5.56 Å². The number of Topliss-reactive ketones (excluding diaryl/α,β-unsaturated/α-hetero) is 1. The van der Waals surface area contributed by atoms with Crippen LogP contribution in [0.25, 0.3) is 0 Å². The molecule has 0 aromatic heterocycles. The second-order valence-corrected chi connectivity index (χ2v) is 12.6. The zero-order valence-corrected chi connectivity index (χ0v) is 22.5. The zero-order valence-electron chi connectivity index (χ0n) is 21.6. The second-order valence-electron chi connectivity index (χ2n) is 10.4. The summed E-state index contributed by atoms with van der Waals surface area (Å²) in [6, 6.07) is 42.4. The number of hydrogen-bond donors (Lipinski definition) is 0. The predicted molar refractivity (Wildman–Crippen MR) is 159 cm³/mol. The maximum absolute atomic E-state index is 11.5. The molecule has 0 saturated carbocycles. The van der Waals surface area contributed by atoms with E-state index in [9.17, 15) is 4.79 Å². The molecule has 1 nitrogen and oxygen atoms in total. The van der Waals surface area contributed by atoms with Crippen molar-refractivity contribution in [3.8, 4) is 0 Å². The third-order valence-electron chi connectivity index (χ3n) is 6.71. The Balaban J connectivity index is 0.000000241. The fourth-order valence-corrected chi connectivity index (χ4v) is 5.96. The van der Waals surface area contributed by atoms with Gasteiger partial charge >= 0.3 is 0 Å². The maximum atomic E-state index is 11.5. The Bertz CT molecular complexity index is 1070. The van der Waals surface area contributed by atoms with Crippen molar-refractivity contribution in [2.45, 2.75) is 26.1 Å². The molecule has 3 heteroatoms. The lowest BCUT2D eigenvalue weighted by Gasteiger charge is -2.54. The average Bonchev–Trinajstić information content (AvgIpc) is 2.86. The Hall–Kier alpha value is -3.04. The Morgan fingerprint density at radius 1 is 0.600 bits per heavy atom. The Morgan fingerprint density at radius 3 is 1.20 bits per heavy atom. The van der Waals surface area contributed by atoms with Crippen LogP contribution < -0.4 is 16.4 Å². The van der Waals surface area contributed by atoms with Gasteiger partial charge in [-0.15, -0.1) is 5.31 Å². The molecule has 180 valence electrons. The summed E-state index contributed by atoms with van der Waals surface area (Å²) in [6.07, 6.45) is 3.11. The molecule has 0 spiro atoms. The number of carbonyl (C=O) groups is 1. The molecule has 0 amide bonds. The third kappa shape index (κ3) is 6.35. The van der Waals surface area contributed by atoms with Crippen LogP contribution in [-0.2, 0) is 10.9 Å².